The molecule has 1 N–H and O–H groups in total. The van der Waals surface area contributed by atoms with Crippen LogP contribution in [0.15, 0.2) is 48.5 Å². The molecule has 22 heavy (non-hydrogen) atoms. The summed E-state index contributed by atoms with van der Waals surface area (Å²) in [4.78, 5) is 12.5. The minimum Gasteiger partial charge on any atom is -0.497 e. The molecule has 0 unspecified atom stereocenters. The molecular formula is C18H18ClNO2. The van der Waals surface area contributed by atoms with Crippen molar-refractivity contribution in [2.45, 2.75) is 18.9 Å². The first-order chi connectivity index (χ1) is 10.7. The lowest BCUT2D eigenvalue weighted by molar-refractivity contribution is 0.0931. The Kier molecular flexibility index (Phi) is 4.34. The number of hydrogen-bond donors (Lipinski definition) is 1. The van der Waals surface area contributed by atoms with E-state index in [-0.39, 0.29) is 11.9 Å². The Morgan fingerprint density at radius 1 is 1.23 bits per heavy atom. The standard InChI is InChI=1S/C18H18ClNO2/c1-22-16-4-2-3-14(11-16)18(21)20-17(12-5-6-12)13-7-9-15(19)10-8-13/h2-4,7-12,17H,5-6H2,1H3,(H,20,21)/t17-/m1/s1. The van der Waals surface area contributed by atoms with Gasteiger partial charge in [-0.25, -0.2) is 0 Å². The lowest BCUT2D eigenvalue weighted by Gasteiger charge is -2.19. The van der Waals surface area contributed by atoms with E-state index in [4.69, 9.17) is 16.3 Å². The number of methoxy groups -OCH3 is 1. The zero-order chi connectivity index (χ0) is 15.5. The van der Waals surface area contributed by atoms with Crippen LogP contribution in [-0.4, -0.2) is 13.0 Å². The number of benzene rings is 2. The Balaban J connectivity index is 1.78. The number of carbonyl (C=O) groups excluding carboxylic acids is 1. The maximum Gasteiger partial charge on any atom is 0.251 e. The Bertz CT molecular complexity index is 665. The molecule has 0 heterocycles. The number of amides is 1. The Morgan fingerprint density at radius 2 is 1.95 bits per heavy atom. The highest BCUT2D eigenvalue weighted by Crippen LogP contribution is 2.41. The van der Waals surface area contributed by atoms with Gasteiger partial charge in [0.2, 0.25) is 0 Å². The van der Waals surface area contributed by atoms with Crippen molar-refractivity contribution in [1.82, 2.24) is 5.32 Å². The number of ether oxygens (including phenoxy) is 1. The second kappa shape index (κ2) is 6.41. The number of halogens is 1. The van der Waals surface area contributed by atoms with Gasteiger partial charge in [0.25, 0.3) is 5.91 Å². The highest BCUT2D eigenvalue weighted by atomic mass is 35.5. The number of rotatable bonds is 5. The van der Waals surface area contributed by atoms with Crippen molar-refractivity contribution in [3.63, 3.8) is 0 Å². The van der Waals surface area contributed by atoms with Crippen molar-refractivity contribution in [2.75, 3.05) is 7.11 Å². The van der Waals surface area contributed by atoms with E-state index in [2.05, 4.69) is 5.32 Å². The van der Waals surface area contributed by atoms with Crippen molar-refractivity contribution in [3.05, 3.63) is 64.7 Å². The Hall–Kier alpha value is -2.00. The van der Waals surface area contributed by atoms with E-state index in [0.29, 0.717) is 22.3 Å². The normalized spacial score (nSPS) is 15.2. The van der Waals surface area contributed by atoms with Crippen LogP contribution in [0.2, 0.25) is 5.02 Å². The molecule has 0 saturated heterocycles. The quantitative estimate of drug-likeness (QED) is 0.896. The Morgan fingerprint density at radius 3 is 2.59 bits per heavy atom. The van der Waals surface area contributed by atoms with Crippen molar-refractivity contribution in [1.29, 1.82) is 0 Å². The molecule has 1 fully saturated rings. The summed E-state index contributed by atoms with van der Waals surface area (Å²) in [5.41, 5.74) is 1.71. The summed E-state index contributed by atoms with van der Waals surface area (Å²) in [6, 6.07) is 14.9. The van der Waals surface area contributed by atoms with Crippen molar-refractivity contribution in [3.8, 4) is 5.75 Å². The summed E-state index contributed by atoms with van der Waals surface area (Å²) in [5, 5.41) is 3.85. The van der Waals surface area contributed by atoms with Crippen molar-refractivity contribution in [2.24, 2.45) is 5.92 Å². The van der Waals surface area contributed by atoms with Gasteiger partial charge >= 0.3 is 0 Å². The zero-order valence-corrected chi connectivity index (χ0v) is 13.1. The maximum absolute atomic E-state index is 12.5. The number of nitrogens with one attached hydrogen (secondary N) is 1. The number of carbonyl (C=O) groups is 1. The molecule has 1 aliphatic rings. The summed E-state index contributed by atoms with van der Waals surface area (Å²) in [7, 11) is 1.59. The molecule has 1 atom stereocenters. The van der Waals surface area contributed by atoms with Crippen LogP contribution in [0.4, 0.5) is 0 Å². The first-order valence-corrected chi connectivity index (χ1v) is 7.75. The van der Waals surface area contributed by atoms with Crippen LogP contribution in [0.25, 0.3) is 0 Å². The first-order valence-electron chi connectivity index (χ1n) is 7.38. The third kappa shape index (κ3) is 3.42. The van der Waals surface area contributed by atoms with Crippen LogP contribution in [-0.2, 0) is 0 Å². The van der Waals surface area contributed by atoms with Crippen LogP contribution in [0.5, 0.6) is 5.75 Å². The Labute approximate surface area is 135 Å². The van der Waals surface area contributed by atoms with Gasteiger partial charge in [0.1, 0.15) is 5.75 Å². The SMILES string of the molecule is COc1cccc(C(=O)N[C@@H](c2ccc(Cl)cc2)C2CC2)c1. The monoisotopic (exact) mass is 315 g/mol. The lowest BCUT2D eigenvalue weighted by atomic mass is 10.0. The summed E-state index contributed by atoms with van der Waals surface area (Å²) in [6.07, 6.45) is 2.29. The maximum atomic E-state index is 12.5. The van der Waals surface area contributed by atoms with Crippen LogP contribution in [0.3, 0.4) is 0 Å². The molecule has 0 bridgehead atoms. The van der Waals surface area contributed by atoms with Gasteiger partial charge in [-0.1, -0.05) is 29.8 Å². The van der Waals surface area contributed by atoms with Gasteiger partial charge in [0.05, 0.1) is 13.2 Å². The minimum absolute atomic E-state index is 0.0379. The van der Waals surface area contributed by atoms with Crippen LogP contribution in [0, 0.1) is 5.92 Å². The molecule has 2 aromatic carbocycles. The topological polar surface area (TPSA) is 38.3 Å². The van der Waals surface area contributed by atoms with Gasteiger partial charge < -0.3 is 10.1 Å². The smallest absolute Gasteiger partial charge is 0.251 e. The van der Waals surface area contributed by atoms with E-state index in [1.807, 2.05) is 36.4 Å². The minimum atomic E-state index is -0.0780. The molecule has 0 spiro atoms. The van der Waals surface area contributed by atoms with Gasteiger partial charge in [-0.15, -0.1) is 0 Å². The molecule has 1 amide bonds. The molecule has 0 radical (unpaired) electrons. The average Bonchev–Trinajstić information content (AvgIpc) is 3.38. The molecule has 1 saturated carbocycles. The molecule has 3 rings (SSSR count). The fraction of sp³-hybridized carbons (Fsp3) is 0.278. The summed E-state index contributed by atoms with van der Waals surface area (Å²) >= 11 is 5.95. The van der Waals surface area contributed by atoms with Crippen molar-refractivity contribution < 1.29 is 9.53 Å². The van der Waals surface area contributed by atoms with Gasteiger partial charge in [0, 0.05) is 10.6 Å². The van der Waals surface area contributed by atoms with Gasteiger partial charge in [-0.3, -0.25) is 4.79 Å². The second-order valence-corrected chi connectivity index (χ2v) is 6.01. The third-order valence-corrected chi connectivity index (χ3v) is 4.19. The predicted octanol–water partition coefficient (Wildman–Crippen LogP) is 4.23. The molecule has 1 aliphatic carbocycles. The van der Waals surface area contributed by atoms with Gasteiger partial charge in [-0.2, -0.15) is 0 Å². The molecular weight excluding hydrogens is 298 g/mol. The fourth-order valence-corrected chi connectivity index (χ4v) is 2.69. The highest BCUT2D eigenvalue weighted by Gasteiger charge is 2.33. The van der Waals surface area contributed by atoms with Crippen LogP contribution in [0.1, 0.15) is 34.8 Å². The second-order valence-electron chi connectivity index (χ2n) is 5.57. The fourth-order valence-electron chi connectivity index (χ4n) is 2.56. The van der Waals surface area contributed by atoms with Crippen LogP contribution < -0.4 is 10.1 Å². The number of hydrogen-bond acceptors (Lipinski definition) is 2. The molecule has 0 aliphatic heterocycles. The van der Waals surface area contributed by atoms with E-state index in [9.17, 15) is 4.79 Å². The lowest BCUT2D eigenvalue weighted by Crippen LogP contribution is -2.29. The van der Waals surface area contributed by atoms with Gasteiger partial charge in [0.15, 0.2) is 0 Å². The van der Waals surface area contributed by atoms with E-state index in [1.54, 1.807) is 19.2 Å². The highest BCUT2D eigenvalue weighted by molar-refractivity contribution is 6.30. The molecule has 114 valence electrons. The van der Waals surface area contributed by atoms with E-state index in [0.717, 1.165) is 18.4 Å². The summed E-state index contributed by atoms with van der Waals surface area (Å²) < 4.78 is 5.17. The third-order valence-electron chi connectivity index (χ3n) is 3.94. The average molecular weight is 316 g/mol. The first kappa shape index (κ1) is 14.9. The van der Waals surface area contributed by atoms with Crippen molar-refractivity contribution >= 4 is 17.5 Å². The predicted molar refractivity (Wildman–Crippen MR) is 87.4 cm³/mol. The molecule has 4 heteroatoms. The summed E-state index contributed by atoms with van der Waals surface area (Å²) in [6.45, 7) is 0. The zero-order valence-electron chi connectivity index (χ0n) is 12.4. The molecule has 0 aromatic heterocycles. The molecule has 2 aromatic rings. The summed E-state index contributed by atoms with van der Waals surface area (Å²) in [5.74, 6) is 1.11. The van der Waals surface area contributed by atoms with Crippen LogP contribution >= 0.6 is 11.6 Å². The van der Waals surface area contributed by atoms with E-state index >= 15 is 0 Å². The molecule has 3 nitrogen and oxygen atoms in total. The largest absolute Gasteiger partial charge is 0.497 e. The van der Waals surface area contributed by atoms with E-state index < -0.39 is 0 Å². The van der Waals surface area contributed by atoms with Gasteiger partial charge in [-0.05, 0) is 54.7 Å². The van der Waals surface area contributed by atoms with E-state index in [1.165, 1.54) is 0 Å².